The molecule has 0 radical (unpaired) electrons. The van der Waals surface area contributed by atoms with E-state index in [1.165, 1.54) is 18.3 Å². The van der Waals surface area contributed by atoms with E-state index in [0.29, 0.717) is 19.6 Å². The van der Waals surface area contributed by atoms with Gasteiger partial charge >= 0.3 is 0 Å². The lowest BCUT2D eigenvalue weighted by Crippen LogP contribution is -2.25. The van der Waals surface area contributed by atoms with Crippen LogP contribution in [0.4, 0.5) is 5.82 Å². The SMILES string of the molecule is CCCCOCCCNS(=O)(=O)c1ccnc(N)c1. The predicted octanol–water partition coefficient (Wildman–Crippen LogP) is 1.15. The first-order chi connectivity index (χ1) is 9.06. The highest BCUT2D eigenvalue weighted by Gasteiger charge is 2.13. The molecule has 0 atom stereocenters. The van der Waals surface area contributed by atoms with E-state index in [4.69, 9.17) is 10.5 Å². The van der Waals surface area contributed by atoms with Gasteiger partial charge in [0.25, 0.3) is 0 Å². The number of sulfonamides is 1. The van der Waals surface area contributed by atoms with Crippen LogP contribution in [0.1, 0.15) is 26.2 Å². The lowest BCUT2D eigenvalue weighted by atomic mass is 10.4. The lowest BCUT2D eigenvalue weighted by molar-refractivity contribution is 0.130. The van der Waals surface area contributed by atoms with Gasteiger partial charge in [-0.15, -0.1) is 0 Å². The fraction of sp³-hybridized carbons (Fsp3) is 0.583. The maximum absolute atomic E-state index is 11.9. The van der Waals surface area contributed by atoms with E-state index in [-0.39, 0.29) is 10.7 Å². The van der Waals surface area contributed by atoms with Gasteiger partial charge in [-0.3, -0.25) is 0 Å². The van der Waals surface area contributed by atoms with E-state index in [2.05, 4.69) is 16.6 Å². The Morgan fingerprint density at radius 3 is 2.79 bits per heavy atom. The van der Waals surface area contributed by atoms with Crippen molar-refractivity contribution in [3.05, 3.63) is 18.3 Å². The number of unbranched alkanes of at least 4 members (excludes halogenated alkanes) is 1. The molecule has 0 saturated carbocycles. The van der Waals surface area contributed by atoms with Gasteiger partial charge in [0.2, 0.25) is 10.0 Å². The van der Waals surface area contributed by atoms with Gasteiger partial charge in [0.15, 0.2) is 0 Å². The third-order valence-corrected chi connectivity index (χ3v) is 3.92. The first-order valence-electron chi connectivity index (χ1n) is 6.35. The molecule has 0 aliphatic heterocycles. The van der Waals surface area contributed by atoms with Crippen LogP contribution in [0.5, 0.6) is 0 Å². The summed E-state index contributed by atoms with van der Waals surface area (Å²) in [5.41, 5.74) is 5.45. The molecule has 0 aliphatic carbocycles. The number of nitrogens with zero attached hydrogens (tertiary/aromatic N) is 1. The van der Waals surface area contributed by atoms with Crippen molar-refractivity contribution in [2.24, 2.45) is 0 Å². The van der Waals surface area contributed by atoms with Crippen molar-refractivity contribution >= 4 is 15.8 Å². The number of anilines is 1. The first-order valence-corrected chi connectivity index (χ1v) is 7.83. The number of pyridine rings is 1. The number of nitrogens with two attached hydrogens (primary N) is 1. The Bertz CT molecular complexity index is 477. The fourth-order valence-electron chi connectivity index (χ4n) is 1.41. The van der Waals surface area contributed by atoms with Crippen molar-refractivity contribution in [2.45, 2.75) is 31.1 Å². The zero-order chi connectivity index (χ0) is 14.1. The summed E-state index contributed by atoms with van der Waals surface area (Å²) < 4.78 is 31.6. The van der Waals surface area contributed by atoms with Crippen LogP contribution in [0.2, 0.25) is 0 Å². The molecule has 1 heterocycles. The summed E-state index contributed by atoms with van der Waals surface area (Å²) in [4.78, 5) is 3.89. The van der Waals surface area contributed by atoms with Gasteiger partial charge in [0, 0.05) is 32.0 Å². The van der Waals surface area contributed by atoms with E-state index in [1.54, 1.807) is 0 Å². The zero-order valence-electron chi connectivity index (χ0n) is 11.1. The zero-order valence-corrected chi connectivity index (χ0v) is 11.9. The number of nitrogens with one attached hydrogen (secondary N) is 1. The van der Waals surface area contributed by atoms with Crippen LogP contribution < -0.4 is 10.5 Å². The third-order valence-electron chi connectivity index (χ3n) is 2.46. The molecule has 3 N–H and O–H groups in total. The highest BCUT2D eigenvalue weighted by molar-refractivity contribution is 7.89. The second kappa shape index (κ2) is 8.08. The highest BCUT2D eigenvalue weighted by atomic mass is 32.2. The summed E-state index contributed by atoms with van der Waals surface area (Å²) >= 11 is 0. The maximum Gasteiger partial charge on any atom is 0.240 e. The number of aromatic nitrogens is 1. The molecular weight excluding hydrogens is 266 g/mol. The minimum absolute atomic E-state index is 0.131. The average molecular weight is 287 g/mol. The van der Waals surface area contributed by atoms with E-state index in [0.717, 1.165) is 19.4 Å². The molecule has 19 heavy (non-hydrogen) atoms. The molecule has 1 rings (SSSR count). The Morgan fingerprint density at radius 2 is 2.11 bits per heavy atom. The van der Waals surface area contributed by atoms with Gasteiger partial charge in [-0.2, -0.15) is 0 Å². The van der Waals surface area contributed by atoms with Crippen molar-refractivity contribution in [1.29, 1.82) is 0 Å². The van der Waals surface area contributed by atoms with Crippen molar-refractivity contribution in [3.63, 3.8) is 0 Å². The third kappa shape index (κ3) is 6.00. The fourth-order valence-corrected chi connectivity index (χ4v) is 2.50. The quantitative estimate of drug-likeness (QED) is 0.664. The Labute approximate surface area is 114 Å². The Balaban J connectivity index is 2.32. The van der Waals surface area contributed by atoms with Crippen molar-refractivity contribution in [1.82, 2.24) is 9.71 Å². The van der Waals surface area contributed by atoms with Gasteiger partial charge < -0.3 is 10.5 Å². The number of rotatable bonds is 9. The Kier molecular flexibility index (Phi) is 6.75. The summed E-state index contributed by atoms with van der Waals surface area (Å²) in [5, 5.41) is 0. The van der Waals surface area contributed by atoms with Crippen LogP contribution in [-0.2, 0) is 14.8 Å². The molecular formula is C12H21N3O3S. The summed E-state index contributed by atoms with van der Waals surface area (Å²) in [6.45, 7) is 3.72. The monoisotopic (exact) mass is 287 g/mol. The van der Waals surface area contributed by atoms with E-state index < -0.39 is 10.0 Å². The molecule has 1 aromatic heterocycles. The van der Waals surface area contributed by atoms with Gasteiger partial charge in [0.05, 0.1) is 4.90 Å². The largest absolute Gasteiger partial charge is 0.384 e. The summed E-state index contributed by atoms with van der Waals surface area (Å²) in [7, 11) is -3.51. The summed E-state index contributed by atoms with van der Waals surface area (Å²) in [6, 6.07) is 2.75. The predicted molar refractivity (Wildman–Crippen MR) is 74.2 cm³/mol. The smallest absolute Gasteiger partial charge is 0.240 e. The maximum atomic E-state index is 11.9. The highest BCUT2D eigenvalue weighted by Crippen LogP contribution is 2.09. The second-order valence-corrected chi connectivity index (χ2v) is 5.90. The molecule has 1 aromatic rings. The molecule has 7 heteroatoms. The average Bonchev–Trinajstić information content (AvgIpc) is 2.38. The van der Waals surface area contributed by atoms with Crippen LogP contribution in [0.15, 0.2) is 23.2 Å². The second-order valence-electron chi connectivity index (χ2n) is 4.13. The summed E-state index contributed by atoms with van der Waals surface area (Å²) in [6.07, 6.45) is 4.14. The normalized spacial score (nSPS) is 11.6. The van der Waals surface area contributed by atoms with Crippen LogP contribution in [0.25, 0.3) is 0 Å². The van der Waals surface area contributed by atoms with Crippen molar-refractivity contribution < 1.29 is 13.2 Å². The minimum Gasteiger partial charge on any atom is -0.384 e. The minimum atomic E-state index is -3.51. The molecule has 0 spiro atoms. The first kappa shape index (κ1) is 15.9. The van der Waals surface area contributed by atoms with Crippen LogP contribution >= 0.6 is 0 Å². The van der Waals surface area contributed by atoms with E-state index in [1.807, 2.05) is 0 Å². The Morgan fingerprint density at radius 1 is 1.37 bits per heavy atom. The molecule has 0 bridgehead atoms. The number of hydrogen-bond donors (Lipinski definition) is 2. The topological polar surface area (TPSA) is 94.3 Å². The summed E-state index contributed by atoms with van der Waals surface area (Å²) in [5.74, 6) is 0.186. The molecule has 6 nitrogen and oxygen atoms in total. The van der Waals surface area contributed by atoms with Crippen molar-refractivity contribution in [2.75, 3.05) is 25.5 Å². The van der Waals surface area contributed by atoms with E-state index >= 15 is 0 Å². The molecule has 0 unspecified atom stereocenters. The number of nitrogen functional groups attached to an aromatic ring is 1. The van der Waals surface area contributed by atoms with Gasteiger partial charge in [-0.1, -0.05) is 13.3 Å². The number of hydrogen-bond acceptors (Lipinski definition) is 5. The molecule has 0 fully saturated rings. The molecule has 0 aliphatic rings. The van der Waals surface area contributed by atoms with Gasteiger partial charge in [-0.05, 0) is 18.9 Å². The van der Waals surface area contributed by atoms with Crippen LogP contribution in [-0.4, -0.2) is 33.2 Å². The Hall–Kier alpha value is -1.18. The molecule has 0 amide bonds. The molecule has 0 saturated heterocycles. The van der Waals surface area contributed by atoms with Gasteiger partial charge in [0.1, 0.15) is 5.82 Å². The molecule has 0 aromatic carbocycles. The van der Waals surface area contributed by atoms with E-state index in [9.17, 15) is 8.42 Å². The standard InChI is InChI=1S/C12H21N3O3S/c1-2-3-8-18-9-4-6-15-19(16,17)11-5-7-14-12(13)10-11/h5,7,10,15H,2-4,6,8-9H2,1H3,(H2,13,14). The van der Waals surface area contributed by atoms with Gasteiger partial charge in [-0.25, -0.2) is 18.1 Å². The molecule has 108 valence electrons. The van der Waals surface area contributed by atoms with Crippen LogP contribution in [0, 0.1) is 0 Å². The van der Waals surface area contributed by atoms with Crippen molar-refractivity contribution in [3.8, 4) is 0 Å². The number of ether oxygens (including phenoxy) is 1. The lowest BCUT2D eigenvalue weighted by Gasteiger charge is -2.07. The van der Waals surface area contributed by atoms with Crippen LogP contribution in [0.3, 0.4) is 0 Å².